The van der Waals surface area contributed by atoms with Gasteiger partial charge in [0, 0.05) is 38.9 Å². The molecule has 3 aromatic rings. The number of likely N-dealkylation sites (tertiary alicyclic amines) is 1. The maximum Gasteiger partial charge on any atom is 0.253 e. The average Bonchev–Trinajstić information content (AvgIpc) is 2.94. The zero-order chi connectivity index (χ0) is 28.2. The van der Waals surface area contributed by atoms with Gasteiger partial charge in [0.15, 0.2) is 0 Å². The van der Waals surface area contributed by atoms with Gasteiger partial charge < -0.3 is 21.1 Å². The third-order valence-corrected chi connectivity index (χ3v) is 7.91. The lowest BCUT2D eigenvalue weighted by Gasteiger charge is -2.44. The lowest BCUT2D eigenvalue weighted by Crippen LogP contribution is -2.57. The number of rotatable bonds is 8. The number of piperidine rings is 1. The maximum atomic E-state index is 14.0. The van der Waals surface area contributed by atoms with Gasteiger partial charge in [0.05, 0.1) is 17.7 Å². The van der Waals surface area contributed by atoms with Crippen molar-refractivity contribution in [2.45, 2.75) is 50.3 Å². The number of aliphatic hydroxyl groups is 1. The molecule has 4 N–H and O–H groups in total. The number of hydrogen-bond acceptors (Lipinski definition) is 5. The van der Waals surface area contributed by atoms with E-state index in [0.717, 1.165) is 16.7 Å². The van der Waals surface area contributed by atoms with Crippen LogP contribution in [0.3, 0.4) is 0 Å². The summed E-state index contributed by atoms with van der Waals surface area (Å²) in [4.78, 5) is 30.8. The molecule has 1 saturated heterocycles. The first kappa shape index (κ1) is 28.3. The summed E-state index contributed by atoms with van der Waals surface area (Å²) in [5, 5.41) is 14.1. The monoisotopic (exact) mass is 528 g/mol. The van der Waals surface area contributed by atoms with E-state index in [1.165, 1.54) is 0 Å². The Morgan fingerprint density at radius 1 is 1.05 bits per heavy atom. The summed E-state index contributed by atoms with van der Waals surface area (Å²) in [5.74, 6) is -0.254. The maximum absolute atomic E-state index is 14.0. The number of amides is 2. The molecule has 0 aliphatic carbocycles. The molecule has 4 rings (SSSR count). The van der Waals surface area contributed by atoms with Crippen LogP contribution in [0, 0.1) is 6.92 Å². The molecule has 3 aromatic carbocycles. The molecule has 3 atom stereocenters. The molecular formula is C32H40N4O3. The molecule has 7 nitrogen and oxygen atoms in total. The average molecular weight is 529 g/mol. The zero-order valence-electron chi connectivity index (χ0n) is 23.3. The number of hydrogen-bond donors (Lipinski definition) is 3. The minimum atomic E-state index is -0.885. The Labute approximate surface area is 231 Å². The second-order valence-corrected chi connectivity index (χ2v) is 10.9. The molecule has 0 saturated carbocycles. The fourth-order valence-electron chi connectivity index (χ4n) is 5.77. The highest BCUT2D eigenvalue weighted by Crippen LogP contribution is 2.39. The lowest BCUT2D eigenvalue weighted by molar-refractivity contribution is -0.134. The first-order chi connectivity index (χ1) is 18.6. The topological polar surface area (TPSA) is 98.9 Å². The summed E-state index contributed by atoms with van der Waals surface area (Å²) in [7, 11) is 3.60. The number of benzene rings is 3. The highest BCUT2D eigenvalue weighted by atomic mass is 16.3. The van der Waals surface area contributed by atoms with Crippen molar-refractivity contribution in [3.63, 3.8) is 0 Å². The number of nitrogens with two attached hydrogens (primary N) is 1. The van der Waals surface area contributed by atoms with E-state index in [4.69, 9.17) is 5.73 Å². The van der Waals surface area contributed by atoms with Crippen LogP contribution in [-0.2, 0) is 10.2 Å². The van der Waals surface area contributed by atoms with Crippen LogP contribution in [0.25, 0.3) is 0 Å². The molecule has 39 heavy (non-hydrogen) atoms. The molecule has 0 radical (unpaired) electrons. The van der Waals surface area contributed by atoms with Crippen molar-refractivity contribution in [3.8, 4) is 0 Å². The standard InChI is InChI=1S/C32H40N4O3/c1-22-15-16-27(33)26(19-22)30(38)34-28-17-18-36(21-29(28)37)23(2)20-32(31(39)35(3)4,24-11-7-5-8-12-24)25-13-9-6-10-14-25/h5-16,19,23,28-29,37H,17-18,20-21,33H2,1-4H3,(H,34,38)/t23?,28-,29-/m1/s1. The SMILES string of the molecule is Cc1ccc(N)c(C(=O)N[C@@H]2CCN(C(C)CC(C(=O)N(C)C)(c3ccccc3)c3ccccc3)C[C@H]2O)c1. The summed E-state index contributed by atoms with van der Waals surface area (Å²) in [5.41, 5.74) is 8.83. The van der Waals surface area contributed by atoms with Crippen LogP contribution in [0.5, 0.6) is 0 Å². The van der Waals surface area contributed by atoms with Crippen LogP contribution in [0.1, 0.15) is 46.8 Å². The Bertz CT molecular complexity index is 1240. The van der Waals surface area contributed by atoms with E-state index in [9.17, 15) is 14.7 Å². The Morgan fingerprint density at radius 3 is 2.18 bits per heavy atom. The summed E-state index contributed by atoms with van der Waals surface area (Å²) in [6.45, 7) is 5.10. The number of carbonyl (C=O) groups excluding carboxylic acids is 2. The Balaban J connectivity index is 1.55. The number of anilines is 1. The third-order valence-electron chi connectivity index (χ3n) is 7.91. The predicted molar refractivity (Wildman–Crippen MR) is 155 cm³/mol. The summed E-state index contributed by atoms with van der Waals surface area (Å²) < 4.78 is 0. The third kappa shape index (κ3) is 6.00. The largest absolute Gasteiger partial charge is 0.398 e. The molecule has 2 amide bonds. The van der Waals surface area contributed by atoms with Crippen molar-refractivity contribution in [2.75, 3.05) is 32.9 Å². The van der Waals surface area contributed by atoms with Gasteiger partial charge in [0.1, 0.15) is 5.41 Å². The van der Waals surface area contributed by atoms with Gasteiger partial charge in [0.2, 0.25) is 5.91 Å². The van der Waals surface area contributed by atoms with Crippen molar-refractivity contribution in [1.29, 1.82) is 0 Å². The van der Waals surface area contributed by atoms with Gasteiger partial charge in [-0.15, -0.1) is 0 Å². The molecule has 1 aliphatic heterocycles. The number of carbonyl (C=O) groups is 2. The molecule has 206 valence electrons. The molecule has 1 aliphatic rings. The van der Waals surface area contributed by atoms with Crippen molar-refractivity contribution < 1.29 is 14.7 Å². The molecule has 1 unspecified atom stereocenters. The second-order valence-electron chi connectivity index (χ2n) is 10.9. The van der Waals surface area contributed by atoms with Crippen molar-refractivity contribution in [3.05, 3.63) is 101 Å². The summed E-state index contributed by atoms with van der Waals surface area (Å²) >= 11 is 0. The zero-order valence-corrected chi connectivity index (χ0v) is 23.3. The number of aryl methyl sites for hydroxylation is 1. The van der Waals surface area contributed by atoms with Crippen LogP contribution in [0.4, 0.5) is 5.69 Å². The van der Waals surface area contributed by atoms with Crippen LogP contribution in [0.15, 0.2) is 78.9 Å². The van der Waals surface area contributed by atoms with E-state index in [-0.39, 0.29) is 23.9 Å². The van der Waals surface area contributed by atoms with Crippen LogP contribution >= 0.6 is 0 Å². The molecule has 0 spiro atoms. The first-order valence-electron chi connectivity index (χ1n) is 13.6. The van der Waals surface area contributed by atoms with E-state index in [1.807, 2.05) is 73.7 Å². The highest BCUT2D eigenvalue weighted by molar-refractivity contribution is 5.99. The van der Waals surface area contributed by atoms with E-state index in [2.05, 4.69) is 17.1 Å². The number of nitrogen functional groups attached to an aromatic ring is 1. The summed E-state index contributed by atoms with van der Waals surface area (Å²) in [6, 6.07) is 24.9. The van der Waals surface area contributed by atoms with Crippen LogP contribution < -0.4 is 11.1 Å². The fourth-order valence-corrected chi connectivity index (χ4v) is 5.77. The normalized spacial score (nSPS) is 18.8. The van der Waals surface area contributed by atoms with Gasteiger partial charge in [0.25, 0.3) is 5.91 Å². The molecule has 7 heteroatoms. The number of likely N-dealkylation sites (N-methyl/N-ethyl adjacent to an activating group) is 1. The first-order valence-corrected chi connectivity index (χ1v) is 13.6. The Morgan fingerprint density at radius 2 is 1.64 bits per heavy atom. The van der Waals surface area contributed by atoms with Crippen molar-refractivity contribution >= 4 is 17.5 Å². The highest BCUT2D eigenvalue weighted by Gasteiger charge is 2.45. The van der Waals surface area contributed by atoms with Gasteiger partial charge in [-0.3, -0.25) is 14.5 Å². The lowest BCUT2D eigenvalue weighted by atomic mass is 9.69. The van der Waals surface area contributed by atoms with Crippen LogP contribution in [0.2, 0.25) is 0 Å². The van der Waals surface area contributed by atoms with Gasteiger partial charge in [-0.05, 0) is 49.9 Å². The smallest absolute Gasteiger partial charge is 0.253 e. The molecule has 0 bridgehead atoms. The van der Waals surface area contributed by atoms with Crippen LogP contribution in [-0.4, -0.2) is 72.1 Å². The van der Waals surface area contributed by atoms with Gasteiger partial charge in [-0.2, -0.15) is 0 Å². The van der Waals surface area contributed by atoms with E-state index < -0.39 is 11.5 Å². The van der Waals surface area contributed by atoms with Gasteiger partial charge >= 0.3 is 0 Å². The predicted octanol–water partition coefficient (Wildman–Crippen LogP) is 3.60. The molecule has 0 aromatic heterocycles. The summed E-state index contributed by atoms with van der Waals surface area (Å²) in [6.07, 6.45) is 0.388. The quantitative estimate of drug-likeness (QED) is 0.388. The number of aliphatic hydroxyl groups excluding tert-OH is 1. The Kier molecular flexibility index (Phi) is 8.73. The van der Waals surface area contributed by atoms with Crippen molar-refractivity contribution in [1.82, 2.24) is 15.1 Å². The van der Waals surface area contributed by atoms with E-state index in [0.29, 0.717) is 37.2 Å². The number of nitrogens with zero attached hydrogens (tertiary/aromatic N) is 2. The fraction of sp³-hybridized carbons (Fsp3) is 0.375. The molecule has 1 heterocycles. The van der Waals surface area contributed by atoms with Gasteiger partial charge in [-0.25, -0.2) is 0 Å². The number of β-amino-alcohol motifs (C(OH)–C–C–N with tert-alkyl or cyclic N) is 1. The van der Waals surface area contributed by atoms with E-state index in [1.54, 1.807) is 31.1 Å². The van der Waals surface area contributed by atoms with Gasteiger partial charge in [-0.1, -0.05) is 72.3 Å². The van der Waals surface area contributed by atoms with Crippen molar-refractivity contribution in [2.24, 2.45) is 0 Å². The minimum Gasteiger partial charge on any atom is -0.398 e. The number of nitrogens with one attached hydrogen (secondary N) is 1. The second kappa shape index (κ2) is 12.0. The minimum absolute atomic E-state index is 0.0187. The van der Waals surface area contributed by atoms with E-state index >= 15 is 0 Å². The molecular weight excluding hydrogens is 488 g/mol. The molecule has 1 fully saturated rings. The Hall–Kier alpha value is -3.68.